The van der Waals surface area contributed by atoms with E-state index in [1.165, 1.54) is 0 Å². The maximum atomic E-state index is 12.6. The topological polar surface area (TPSA) is 83.6 Å². The van der Waals surface area contributed by atoms with Gasteiger partial charge in [-0.25, -0.2) is 9.67 Å². The zero-order valence-electron chi connectivity index (χ0n) is 14.1. The number of rotatable bonds is 3. The first kappa shape index (κ1) is 16.0. The highest BCUT2D eigenvalue weighted by Crippen LogP contribution is 2.31. The second kappa shape index (κ2) is 6.81. The van der Waals surface area contributed by atoms with Gasteiger partial charge in [0.1, 0.15) is 0 Å². The van der Waals surface area contributed by atoms with Gasteiger partial charge in [0, 0.05) is 17.3 Å². The Kier molecular flexibility index (Phi) is 4.20. The van der Waals surface area contributed by atoms with Crippen molar-refractivity contribution in [2.75, 3.05) is 0 Å². The Labute approximate surface area is 151 Å². The summed E-state index contributed by atoms with van der Waals surface area (Å²) in [5, 5.41) is 16.5. The molecular formula is C20H17N5O. The van der Waals surface area contributed by atoms with Crippen molar-refractivity contribution < 1.29 is 4.79 Å². The van der Waals surface area contributed by atoms with Crippen molar-refractivity contribution in [2.45, 2.75) is 25.3 Å². The average molecular weight is 343 g/mol. The van der Waals surface area contributed by atoms with Gasteiger partial charge in [0.25, 0.3) is 5.91 Å². The van der Waals surface area contributed by atoms with Crippen LogP contribution in [-0.4, -0.2) is 20.7 Å². The minimum absolute atomic E-state index is 0.0700. The van der Waals surface area contributed by atoms with Crippen LogP contribution in [0.5, 0.6) is 0 Å². The molecule has 26 heavy (non-hydrogen) atoms. The predicted molar refractivity (Wildman–Crippen MR) is 95.7 cm³/mol. The minimum atomic E-state index is -0.141. The lowest BCUT2D eigenvalue weighted by Crippen LogP contribution is -2.31. The molecule has 3 aromatic rings. The first-order valence-corrected chi connectivity index (χ1v) is 8.55. The predicted octanol–water partition coefficient (Wildman–Crippen LogP) is 2.95. The number of pyridine rings is 1. The van der Waals surface area contributed by atoms with Crippen LogP contribution in [0, 0.1) is 11.3 Å². The van der Waals surface area contributed by atoms with Crippen molar-refractivity contribution in [2.24, 2.45) is 0 Å². The van der Waals surface area contributed by atoms with Gasteiger partial charge in [0.05, 0.1) is 29.6 Å². The van der Waals surface area contributed by atoms with Crippen molar-refractivity contribution in [3.8, 4) is 11.9 Å². The summed E-state index contributed by atoms with van der Waals surface area (Å²) in [6.07, 6.45) is 6.34. The van der Waals surface area contributed by atoms with E-state index in [4.69, 9.17) is 5.26 Å². The number of carbonyl (C=O) groups is 1. The monoisotopic (exact) mass is 343 g/mol. The molecule has 6 heteroatoms. The fourth-order valence-corrected chi connectivity index (χ4v) is 3.32. The van der Waals surface area contributed by atoms with Crippen LogP contribution in [-0.2, 0) is 6.42 Å². The number of carbonyl (C=O) groups excluding carboxylic acids is 1. The summed E-state index contributed by atoms with van der Waals surface area (Å²) in [6.45, 7) is 0. The molecule has 0 bridgehead atoms. The van der Waals surface area contributed by atoms with Crippen LogP contribution in [0.25, 0.3) is 5.82 Å². The first-order valence-electron chi connectivity index (χ1n) is 8.55. The second-order valence-electron chi connectivity index (χ2n) is 6.25. The molecule has 1 aromatic carbocycles. The van der Waals surface area contributed by atoms with Gasteiger partial charge < -0.3 is 5.32 Å². The fraction of sp³-hybridized carbons (Fsp3) is 0.200. The van der Waals surface area contributed by atoms with Crippen LogP contribution < -0.4 is 5.32 Å². The van der Waals surface area contributed by atoms with Crippen LogP contribution in [0.15, 0.2) is 54.9 Å². The molecule has 4 rings (SSSR count). The van der Waals surface area contributed by atoms with Gasteiger partial charge in [0.2, 0.25) is 0 Å². The van der Waals surface area contributed by atoms with E-state index in [0.29, 0.717) is 11.1 Å². The standard InChI is InChI=1S/C20H17N5O/c21-12-14-7-9-15(10-8-14)20(26)24-17-4-3-5-18-16(17)13-23-25(18)19-6-1-2-11-22-19/h1-2,6-11,13,17H,3-5H2,(H,24,26). The lowest BCUT2D eigenvalue weighted by atomic mass is 9.92. The normalized spacial score (nSPS) is 15.7. The number of nitrogens with one attached hydrogen (secondary N) is 1. The summed E-state index contributed by atoms with van der Waals surface area (Å²) in [5.41, 5.74) is 3.23. The minimum Gasteiger partial charge on any atom is -0.345 e. The van der Waals surface area contributed by atoms with Crippen LogP contribution in [0.2, 0.25) is 0 Å². The molecule has 128 valence electrons. The summed E-state index contributed by atoms with van der Waals surface area (Å²) >= 11 is 0. The number of nitriles is 1. The third-order valence-corrected chi connectivity index (χ3v) is 4.63. The maximum Gasteiger partial charge on any atom is 0.251 e. The Morgan fingerprint density at radius 2 is 2.08 bits per heavy atom. The van der Waals surface area contributed by atoms with Gasteiger partial charge in [0.15, 0.2) is 5.82 Å². The highest BCUT2D eigenvalue weighted by atomic mass is 16.1. The van der Waals surface area contributed by atoms with Crippen molar-refractivity contribution in [1.82, 2.24) is 20.1 Å². The zero-order valence-corrected chi connectivity index (χ0v) is 14.1. The highest BCUT2D eigenvalue weighted by Gasteiger charge is 2.26. The Morgan fingerprint density at radius 3 is 2.81 bits per heavy atom. The molecule has 1 atom stereocenters. The van der Waals surface area contributed by atoms with E-state index in [1.54, 1.807) is 30.5 Å². The molecule has 1 aliphatic rings. The third kappa shape index (κ3) is 2.95. The maximum absolute atomic E-state index is 12.6. The molecule has 0 fully saturated rings. The largest absolute Gasteiger partial charge is 0.345 e. The van der Waals surface area contributed by atoms with Crippen LogP contribution in [0.1, 0.15) is 46.1 Å². The second-order valence-corrected chi connectivity index (χ2v) is 6.25. The number of aromatic nitrogens is 3. The molecule has 0 saturated carbocycles. The summed E-state index contributed by atoms with van der Waals surface area (Å²) in [5.74, 6) is 0.644. The lowest BCUT2D eigenvalue weighted by Gasteiger charge is -2.24. The van der Waals surface area contributed by atoms with Crippen molar-refractivity contribution in [3.63, 3.8) is 0 Å². The number of hydrogen-bond donors (Lipinski definition) is 1. The molecule has 2 aromatic heterocycles. The van der Waals surface area contributed by atoms with Gasteiger partial charge in [-0.05, 0) is 55.7 Å². The number of benzene rings is 1. The van der Waals surface area contributed by atoms with Crippen molar-refractivity contribution in [1.29, 1.82) is 5.26 Å². The molecule has 1 amide bonds. The highest BCUT2D eigenvalue weighted by molar-refractivity contribution is 5.94. The zero-order chi connectivity index (χ0) is 17.9. The SMILES string of the molecule is N#Cc1ccc(C(=O)NC2CCCc3c2cnn3-c2ccccn2)cc1. The molecule has 0 spiro atoms. The molecule has 1 N–H and O–H groups in total. The van der Waals surface area contributed by atoms with Gasteiger partial charge in [-0.2, -0.15) is 10.4 Å². The van der Waals surface area contributed by atoms with Gasteiger partial charge >= 0.3 is 0 Å². The van der Waals surface area contributed by atoms with Crippen LogP contribution >= 0.6 is 0 Å². The van der Waals surface area contributed by atoms with Crippen molar-refractivity contribution in [3.05, 3.63) is 77.2 Å². The number of nitrogens with zero attached hydrogens (tertiary/aromatic N) is 4. The van der Waals surface area contributed by atoms with E-state index in [9.17, 15) is 4.79 Å². The van der Waals surface area contributed by atoms with Gasteiger partial charge in [-0.15, -0.1) is 0 Å². The first-order chi connectivity index (χ1) is 12.8. The Balaban J connectivity index is 1.57. The molecule has 0 saturated heterocycles. The van der Waals surface area contributed by atoms with E-state index < -0.39 is 0 Å². The van der Waals surface area contributed by atoms with E-state index in [2.05, 4.69) is 21.5 Å². The van der Waals surface area contributed by atoms with Gasteiger partial charge in [-0.1, -0.05) is 6.07 Å². The van der Waals surface area contributed by atoms with E-state index in [-0.39, 0.29) is 11.9 Å². The fourth-order valence-electron chi connectivity index (χ4n) is 3.32. The Morgan fingerprint density at radius 1 is 1.23 bits per heavy atom. The van der Waals surface area contributed by atoms with Crippen molar-refractivity contribution >= 4 is 5.91 Å². The molecule has 1 unspecified atom stereocenters. The molecule has 0 aliphatic heterocycles. The number of fused-ring (bicyclic) bond motifs is 1. The van der Waals surface area contributed by atoms with Crippen LogP contribution in [0.4, 0.5) is 0 Å². The van der Waals surface area contributed by atoms with E-state index in [1.807, 2.05) is 29.1 Å². The average Bonchev–Trinajstić information content (AvgIpc) is 3.14. The van der Waals surface area contributed by atoms with E-state index in [0.717, 1.165) is 36.3 Å². The molecular weight excluding hydrogens is 326 g/mol. The smallest absolute Gasteiger partial charge is 0.251 e. The summed E-state index contributed by atoms with van der Waals surface area (Å²) in [6, 6.07) is 14.4. The molecule has 6 nitrogen and oxygen atoms in total. The molecule has 0 radical (unpaired) electrons. The van der Waals surface area contributed by atoms with Crippen LogP contribution in [0.3, 0.4) is 0 Å². The van der Waals surface area contributed by atoms with Gasteiger partial charge in [-0.3, -0.25) is 4.79 Å². The molecule has 2 heterocycles. The third-order valence-electron chi connectivity index (χ3n) is 4.63. The summed E-state index contributed by atoms with van der Waals surface area (Å²) < 4.78 is 1.86. The lowest BCUT2D eigenvalue weighted by molar-refractivity contribution is 0.0932. The Bertz CT molecular complexity index is 970. The quantitative estimate of drug-likeness (QED) is 0.792. The van der Waals surface area contributed by atoms with E-state index >= 15 is 0 Å². The summed E-state index contributed by atoms with van der Waals surface area (Å²) in [4.78, 5) is 16.9. The number of amides is 1. The number of hydrogen-bond acceptors (Lipinski definition) is 4. The Hall–Kier alpha value is -3.46. The molecule has 1 aliphatic carbocycles. The summed E-state index contributed by atoms with van der Waals surface area (Å²) in [7, 11) is 0.